The van der Waals surface area contributed by atoms with Gasteiger partial charge in [0, 0.05) is 19.9 Å². The highest BCUT2D eigenvalue weighted by molar-refractivity contribution is 5.84. The van der Waals surface area contributed by atoms with E-state index in [1.807, 2.05) is 12.1 Å². The molecule has 1 amide bonds. The van der Waals surface area contributed by atoms with E-state index in [1.54, 1.807) is 32.9 Å². The molecule has 0 aliphatic rings. The third kappa shape index (κ3) is 9.80. The molecule has 0 radical (unpaired) electrons. The molecule has 8 heteroatoms. The van der Waals surface area contributed by atoms with Crippen LogP contribution >= 0.6 is 0 Å². The Labute approximate surface area is 196 Å². The number of carbonyl (C=O) groups excluding carboxylic acids is 2. The number of carboxylic acid groups (broad SMARTS) is 1. The Bertz CT molecular complexity index is 830. The van der Waals surface area contributed by atoms with Gasteiger partial charge in [-0.15, -0.1) is 0 Å². The highest BCUT2D eigenvalue weighted by atomic mass is 19.1. The summed E-state index contributed by atoms with van der Waals surface area (Å²) in [6.45, 7) is 13.7. The maximum Gasteiger partial charge on any atom is 0.410 e. The highest BCUT2D eigenvalue weighted by Crippen LogP contribution is 2.24. The van der Waals surface area contributed by atoms with Gasteiger partial charge >= 0.3 is 18.0 Å². The van der Waals surface area contributed by atoms with Crippen LogP contribution in [0.4, 0.5) is 9.18 Å². The van der Waals surface area contributed by atoms with Crippen LogP contribution in [0.15, 0.2) is 24.3 Å². The normalized spacial score (nSPS) is 14.2. The molecule has 1 aromatic rings. The number of benzene rings is 1. The summed E-state index contributed by atoms with van der Waals surface area (Å²) in [6.07, 6.45) is -2.77. The first-order chi connectivity index (χ1) is 14.8. The third-order valence-corrected chi connectivity index (χ3v) is 4.87. The number of esters is 1. The lowest BCUT2D eigenvalue weighted by molar-refractivity contribution is -0.168. The van der Waals surface area contributed by atoms with Gasteiger partial charge in [0.05, 0.1) is 0 Å². The Morgan fingerprint density at radius 2 is 1.52 bits per heavy atom. The van der Waals surface area contributed by atoms with Crippen molar-refractivity contribution in [3.05, 3.63) is 35.4 Å². The number of aliphatic carboxylic acids is 1. The van der Waals surface area contributed by atoms with Crippen LogP contribution in [-0.2, 0) is 30.9 Å². The minimum Gasteiger partial charge on any atom is -0.478 e. The van der Waals surface area contributed by atoms with E-state index in [2.05, 4.69) is 20.8 Å². The highest BCUT2D eigenvalue weighted by Gasteiger charge is 2.38. The maximum atomic E-state index is 14.4. The first kappa shape index (κ1) is 28.4. The second-order valence-corrected chi connectivity index (χ2v) is 10.9. The number of nitrogens with zero attached hydrogens (tertiary/aromatic N) is 1. The fourth-order valence-corrected chi connectivity index (χ4v) is 3.05. The summed E-state index contributed by atoms with van der Waals surface area (Å²) in [5.41, 5.74) is -0.948. The molecular weight excluding hydrogens is 429 g/mol. The fourth-order valence-electron chi connectivity index (χ4n) is 3.05. The van der Waals surface area contributed by atoms with Crippen LogP contribution < -0.4 is 0 Å². The van der Waals surface area contributed by atoms with Crippen LogP contribution in [0.1, 0.15) is 72.9 Å². The van der Waals surface area contributed by atoms with Gasteiger partial charge in [0.15, 0.2) is 0 Å². The Kier molecular flexibility index (Phi) is 9.06. The number of carboxylic acids is 1. The topological polar surface area (TPSA) is 93.1 Å². The van der Waals surface area contributed by atoms with Crippen LogP contribution in [0.25, 0.3) is 0 Å². The number of rotatable bonds is 8. The van der Waals surface area contributed by atoms with Crippen LogP contribution in [0.2, 0.25) is 0 Å². The predicted molar refractivity (Wildman–Crippen MR) is 124 cm³/mol. The molecule has 0 fully saturated rings. The second-order valence-electron chi connectivity index (χ2n) is 10.9. The van der Waals surface area contributed by atoms with Crippen LogP contribution in [0, 0.1) is 0 Å². The molecule has 0 aromatic heterocycles. The lowest BCUT2D eigenvalue weighted by Gasteiger charge is -2.32. The molecule has 0 aliphatic carbocycles. The predicted octanol–water partition coefficient (Wildman–Crippen LogP) is 4.90. The van der Waals surface area contributed by atoms with E-state index in [0.717, 1.165) is 10.5 Å². The third-order valence-electron chi connectivity index (χ3n) is 4.87. The molecule has 7 nitrogen and oxygen atoms in total. The summed E-state index contributed by atoms with van der Waals surface area (Å²) in [6, 6.07) is 6.03. The Balaban J connectivity index is 3.07. The molecular formula is C25H38FNO6. The molecule has 1 N–H and O–H groups in total. The summed E-state index contributed by atoms with van der Waals surface area (Å²) in [4.78, 5) is 38.2. The molecule has 0 saturated carbocycles. The number of amides is 1. The number of carbonyl (C=O) groups is 3. The first-order valence-electron chi connectivity index (χ1n) is 11.0. The van der Waals surface area contributed by atoms with Crippen molar-refractivity contribution in [2.45, 2.75) is 97.1 Å². The maximum absolute atomic E-state index is 14.4. The van der Waals surface area contributed by atoms with E-state index in [9.17, 15) is 23.9 Å². The zero-order valence-corrected chi connectivity index (χ0v) is 21.2. The van der Waals surface area contributed by atoms with Gasteiger partial charge in [0.25, 0.3) is 0 Å². The van der Waals surface area contributed by atoms with Gasteiger partial charge in [0.2, 0.25) is 6.10 Å². The summed E-state index contributed by atoms with van der Waals surface area (Å²) < 4.78 is 25.0. The smallest absolute Gasteiger partial charge is 0.410 e. The van der Waals surface area contributed by atoms with Gasteiger partial charge in [-0.1, -0.05) is 45.0 Å². The first-order valence-corrected chi connectivity index (χ1v) is 11.0. The molecule has 0 bridgehead atoms. The van der Waals surface area contributed by atoms with Crippen molar-refractivity contribution in [3.63, 3.8) is 0 Å². The summed E-state index contributed by atoms with van der Waals surface area (Å²) in [7, 11) is 1.30. The minimum atomic E-state index is -1.82. The van der Waals surface area contributed by atoms with Crippen molar-refractivity contribution in [1.29, 1.82) is 0 Å². The number of halogens is 1. The van der Waals surface area contributed by atoms with Gasteiger partial charge in [-0.25, -0.2) is 18.8 Å². The number of hydrogen-bond acceptors (Lipinski definition) is 5. The summed E-state index contributed by atoms with van der Waals surface area (Å²) in [5, 5.41) is 9.63. The molecule has 0 heterocycles. The zero-order chi connectivity index (χ0) is 25.8. The molecule has 0 aliphatic heterocycles. The van der Waals surface area contributed by atoms with Gasteiger partial charge in [0.1, 0.15) is 17.3 Å². The Morgan fingerprint density at radius 1 is 1.00 bits per heavy atom. The fraction of sp³-hybridized carbons (Fsp3) is 0.640. The zero-order valence-electron chi connectivity index (χ0n) is 21.2. The summed E-state index contributed by atoms with van der Waals surface area (Å²) in [5.74, 6) is -2.34. The van der Waals surface area contributed by atoms with Crippen molar-refractivity contribution in [2.24, 2.45) is 0 Å². The average Bonchev–Trinajstić information content (AvgIpc) is 2.62. The lowest BCUT2D eigenvalue weighted by atomic mass is 9.86. The molecule has 1 rings (SSSR count). The molecule has 2 atom stereocenters. The largest absolute Gasteiger partial charge is 0.478 e. The van der Waals surface area contributed by atoms with Crippen molar-refractivity contribution >= 4 is 18.0 Å². The van der Waals surface area contributed by atoms with Gasteiger partial charge in [-0.2, -0.15) is 0 Å². The van der Waals surface area contributed by atoms with Crippen molar-refractivity contribution in [1.82, 2.24) is 4.90 Å². The van der Waals surface area contributed by atoms with E-state index >= 15 is 0 Å². The number of alkyl halides is 1. The second kappa shape index (κ2) is 10.5. The van der Waals surface area contributed by atoms with E-state index in [1.165, 1.54) is 20.9 Å². The van der Waals surface area contributed by atoms with E-state index < -0.39 is 41.4 Å². The van der Waals surface area contributed by atoms with Crippen molar-refractivity contribution < 1.29 is 33.4 Å². The number of likely N-dealkylation sites (N-methyl/N-ethyl adjacent to an activating group) is 1. The lowest BCUT2D eigenvalue weighted by Crippen LogP contribution is -2.49. The standard InChI is InChI=1S/C25H38FNO6/c1-23(2,3)17-12-10-16(11-13-17)14-19(20(28)29)32-21(30)18(15-25(7,8)26)27(9)22(31)33-24(4,5)6/h10-13,18-19H,14-15H2,1-9H3,(H,28,29). The van der Waals surface area contributed by atoms with Crippen molar-refractivity contribution in [3.8, 4) is 0 Å². The molecule has 186 valence electrons. The SMILES string of the molecule is CN(C(=O)OC(C)(C)C)C(CC(C)(C)F)C(=O)OC(Cc1ccc(C(C)(C)C)cc1)C(=O)O. The van der Waals surface area contributed by atoms with Gasteiger partial charge < -0.3 is 14.6 Å². The molecule has 0 saturated heterocycles. The molecule has 33 heavy (non-hydrogen) atoms. The average molecular weight is 468 g/mol. The monoisotopic (exact) mass is 467 g/mol. The van der Waals surface area contributed by atoms with E-state index in [-0.39, 0.29) is 18.3 Å². The number of hydrogen-bond donors (Lipinski definition) is 1. The van der Waals surface area contributed by atoms with Crippen LogP contribution in [-0.4, -0.2) is 58.5 Å². The summed E-state index contributed by atoms with van der Waals surface area (Å²) >= 11 is 0. The van der Waals surface area contributed by atoms with Crippen LogP contribution in [0.3, 0.4) is 0 Å². The van der Waals surface area contributed by atoms with Crippen LogP contribution in [0.5, 0.6) is 0 Å². The Hall–Kier alpha value is -2.64. The number of ether oxygens (including phenoxy) is 2. The molecule has 0 spiro atoms. The quantitative estimate of drug-likeness (QED) is 0.547. The molecule has 2 unspecified atom stereocenters. The van der Waals surface area contributed by atoms with E-state index in [4.69, 9.17) is 9.47 Å². The van der Waals surface area contributed by atoms with Gasteiger partial charge in [-0.05, 0) is 51.2 Å². The van der Waals surface area contributed by atoms with Gasteiger partial charge in [-0.3, -0.25) is 4.90 Å². The Morgan fingerprint density at radius 3 is 1.91 bits per heavy atom. The minimum absolute atomic E-state index is 0.0597. The molecule has 1 aromatic carbocycles. The van der Waals surface area contributed by atoms with Crippen molar-refractivity contribution in [2.75, 3.05) is 7.05 Å². The van der Waals surface area contributed by atoms with E-state index in [0.29, 0.717) is 5.56 Å².